The minimum Gasteiger partial charge on any atom is -0.481 e. The van der Waals surface area contributed by atoms with E-state index in [0.717, 1.165) is 0 Å². The van der Waals surface area contributed by atoms with E-state index in [0.29, 0.717) is 6.92 Å². The van der Waals surface area contributed by atoms with E-state index in [1.54, 1.807) is 0 Å². The fourth-order valence-corrected chi connectivity index (χ4v) is 0.816. The van der Waals surface area contributed by atoms with Crippen LogP contribution in [0.25, 0.3) is 0 Å². The van der Waals surface area contributed by atoms with Gasteiger partial charge in [0.25, 0.3) is 5.92 Å². The Morgan fingerprint density at radius 3 is 2.44 bits per heavy atom. The van der Waals surface area contributed by atoms with Crippen LogP contribution >= 0.6 is 0 Å². The van der Waals surface area contributed by atoms with E-state index in [1.807, 2.05) is 0 Å². The van der Waals surface area contributed by atoms with Gasteiger partial charge in [0.1, 0.15) is 0 Å². The highest BCUT2D eigenvalue weighted by Gasteiger charge is 2.31. The number of hydrogen-bond acceptors (Lipinski definition) is 2. The number of carbonyl (C=O) groups excluding carboxylic acids is 1. The van der Waals surface area contributed by atoms with Crippen LogP contribution in [0.15, 0.2) is 0 Å². The standard InChI is InChI=1S/C9H16F2N2O3/c1-6(9(2,10)11)13-8(16)12-5-3-4-7(14)15/h6H,3-5H2,1-2H3,(H,14,15)(H2,12,13,16). The van der Waals surface area contributed by atoms with Gasteiger partial charge in [-0.25, -0.2) is 13.6 Å². The Bertz CT molecular complexity index is 254. The van der Waals surface area contributed by atoms with Crippen molar-refractivity contribution in [3.05, 3.63) is 0 Å². The fraction of sp³-hybridized carbons (Fsp3) is 0.778. The van der Waals surface area contributed by atoms with Crippen molar-refractivity contribution in [1.82, 2.24) is 10.6 Å². The van der Waals surface area contributed by atoms with Gasteiger partial charge in [0.05, 0.1) is 6.04 Å². The summed E-state index contributed by atoms with van der Waals surface area (Å²) in [4.78, 5) is 21.2. The molecule has 1 atom stereocenters. The maximum absolute atomic E-state index is 12.7. The Morgan fingerprint density at radius 2 is 2.00 bits per heavy atom. The minimum absolute atomic E-state index is 0.0697. The lowest BCUT2D eigenvalue weighted by molar-refractivity contribution is -0.137. The van der Waals surface area contributed by atoms with Crippen molar-refractivity contribution in [3.8, 4) is 0 Å². The van der Waals surface area contributed by atoms with E-state index < -0.39 is 24.0 Å². The third-order valence-electron chi connectivity index (χ3n) is 1.96. The van der Waals surface area contributed by atoms with Gasteiger partial charge in [0.15, 0.2) is 0 Å². The first-order valence-electron chi connectivity index (χ1n) is 4.87. The van der Waals surface area contributed by atoms with Gasteiger partial charge >= 0.3 is 12.0 Å². The van der Waals surface area contributed by atoms with Crippen LogP contribution in [0.5, 0.6) is 0 Å². The zero-order valence-electron chi connectivity index (χ0n) is 9.22. The molecule has 0 fully saturated rings. The number of alkyl halides is 2. The number of hydrogen-bond donors (Lipinski definition) is 3. The van der Waals surface area contributed by atoms with Crippen molar-refractivity contribution in [1.29, 1.82) is 0 Å². The van der Waals surface area contributed by atoms with E-state index in [2.05, 4.69) is 10.6 Å². The molecule has 0 radical (unpaired) electrons. The summed E-state index contributed by atoms with van der Waals surface area (Å²) in [7, 11) is 0. The molecule has 0 aromatic carbocycles. The van der Waals surface area contributed by atoms with Crippen LogP contribution in [0.3, 0.4) is 0 Å². The molecule has 0 aliphatic carbocycles. The predicted molar refractivity (Wildman–Crippen MR) is 53.5 cm³/mol. The molecule has 94 valence electrons. The van der Waals surface area contributed by atoms with Crippen LogP contribution in [-0.4, -0.2) is 35.6 Å². The highest BCUT2D eigenvalue weighted by atomic mass is 19.3. The summed E-state index contributed by atoms with van der Waals surface area (Å²) >= 11 is 0. The number of nitrogens with one attached hydrogen (secondary N) is 2. The molecule has 0 saturated heterocycles. The van der Waals surface area contributed by atoms with E-state index in [-0.39, 0.29) is 19.4 Å². The third-order valence-corrected chi connectivity index (χ3v) is 1.96. The van der Waals surface area contributed by atoms with Gasteiger partial charge in [-0.15, -0.1) is 0 Å². The summed E-state index contributed by atoms with van der Waals surface area (Å²) in [6, 6.07) is -1.99. The molecule has 0 heterocycles. The lowest BCUT2D eigenvalue weighted by Crippen LogP contribution is -2.48. The Balaban J connectivity index is 3.71. The maximum atomic E-state index is 12.7. The lowest BCUT2D eigenvalue weighted by Gasteiger charge is -2.20. The summed E-state index contributed by atoms with van der Waals surface area (Å²) in [5.74, 6) is -3.95. The van der Waals surface area contributed by atoms with Gasteiger partial charge in [-0.1, -0.05) is 0 Å². The Labute approximate surface area is 92.2 Å². The minimum atomic E-state index is -2.99. The predicted octanol–water partition coefficient (Wildman–Crippen LogP) is 1.19. The van der Waals surface area contributed by atoms with Gasteiger partial charge in [0, 0.05) is 19.9 Å². The molecule has 2 amide bonds. The molecule has 16 heavy (non-hydrogen) atoms. The van der Waals surface area contributed by atoms with Crippen molar-refractivity contribution in [2.24, 2.45) is 0 Å². The monoisotopic (exact) mass is 238 g/mol. The van der Waals surface area contributed by atoms with Gasteiger partial charge in [0.2, 0.25) is 0 Å². The second kappa shape index (κ2) is 6.24. The highest BCUT2D eigenvalue weighted by Crippen LogP contribution is 2.16. The van der Waals surface area contributed by atoms with E-state index in [1.165, 1.54) is 6.92 Å². The molecule has 0 aromatic heterocycles. The average molecular weight is 238 g/mol. The molecule has 0 saturated carbocycles. The van der Waals surface area contributed by atoms with Crippen molar-refractivity contribution in [2.45, 2.75) is 38.7 Å². The SMILES string of the molecule is CC(NC(=O)NCCCC(=O)O)C(C)(F)F. The number of halogens is 2. The van der Waals surface area contributed by atoms with E-state index in [9.17, 15) is 18.4 Å². The van der Waals surface area contributed by atoms with Crippen molar-refractivity contribution in [2.75, 3.05) is 6.54 Å². The summed E-state index contributed by atoms with van der Waals surface area (Å²) in [6.07, 6.45) is 0.194. The summed E-state index contributed by atoms with van der Waals surface area (Å²) in [5, 5.41) is 12.7. The highest BCUT2D eigenvalue weighted by molar-refractivity contribution is 5.74. The molecular formula is C9H16F2N2O3. The van der Waals surface area contributed by atoms with Crippen LogP contribution < -0.4 is 10.6 Å². The first-order chi connectivity index (χ1) is 7.23. The van der Waals surface area contributed by atoms with E-state index >= 15 is 0 Å². The third kappa shape index (κ3) is 6.97. The molecule has 0 aliphatic rings. The van der Waals surface area contributed by atoms with Crippen molar-refractivity contribution < 1.29 is 23.5 Å². The Hall–Kier alpha value is -1.40. The lowest BCUT2D eigenvalue weighted by atomic mass is 10.2. The Morgan fingerprint density at radius 1 is 1.44 bits per heavy atom. The Kier molecular flexibility index (Phi) is 5.69. The fourth-order valence-electron chi connectivity index (χ4n) is 0.816. The number of amides is 2. The molecule has 0 aromatic rings. The molecule has 0 aliphatic heterocycles. The summed E-state index contributed by atoms with van der Waals surface area (Å²) < 4.78 is 25.3. The topological polar surface area (TPSA) is 78.4 Å². The number of carbonyl (C=O) groups is 2. The summed E-state index contributed by atoms with van der Waals surface area (Å²) in [6.45, 7) is 2.04. The van der Waals surface area contributed by atoms with Crippen LogP contribution in [0.2, 0.25) is 0 Å². The zero-order valence-corrected chi connectivity index (χ0v) is 9.22. The average Bonchev–Trinajstić information content (AvgIpc) is 2.10. The van der Waals surface area contributed by atoms with Crippen molar-refractivity contribution in [3.63, 3.8) is 0 Å². The van der Waals surface area contributed by atoms with Crippen molar-refractivity contribution >= 4 is 12.0 Å². The first kappa shape index (κ1) is 14.6. The molecule has 1 unspecified atom stereocenters. The number of rotatable bonds is 6. The molecule has 0 rings (SSSR count). The van der Waals surface area contributed by atoms with Gasteiger partial charge in [-0.3, -0.25) is 4.79 Å². The smallest absolute Gasteiger partial charge is 0.315 e. The molecule has 7 heteroatoms. The quantitative estimate of drug-likeness (QED) is 0.608. The van der Waals surface area contributed by atoms with Crippen LogP contribution in [0, 0.1) is 0 Å². The molecule has 0 spiro atoms. The first-order valence-corrected chi connectivity index (χ1v) is 4.87. The van der Waals surface area contributed by atoms with E-state index in [4.69, 9.17) is 5.11 Å². The molecule has 3 N–H and O–H groups in total. The molecule has 5 nitrogen and oxygen atoms in total. The van der Waals surface area contributed by atoms with Crippen LogP contribution in [0.1, 0.15) is 26.7 Å². The second-order valence-electron chi connectivity index (χ2n) is 3.58. The largest absolute Gasteiger partial charge is 0.481 e. The number of aliphatic carboxylic acids is 1. The van der Waals surface area contributed by atoms with Gasteiger partial charge in [-0.2, -0.15) is 0 Å². The van der Waals surface area contributed by atoms with Gasteiger partial charge in [-0.05, 0) is 13.3 Å². The maximum Gasteiger partial charge on any atom is 0.315 e. The van der Waals surface area contributed by atoms with Crippen LogP contribution in [-0.2, 0) is 4.79 Å². The van der Waals surface area contributed by atoms with Crippen LogP contribution in [0.4, 0.5) is 13.6 Å². The normalized spacial score (nSPS) is 13.0. The molecule has 0 bridgehead atoms. The molecular weight excluding hydrogens is 222 g/mol. The second-order valence-corrected chi connectivity index (χ2v) is 3.58. The van der Waals surface area contributed by atoms with Gasteiger partial charge < -0.3 is 15.7 Å². The zero-order chi connectivity index (χ0) is 12.8. The number of carboxylic acids is 1. The number of urea groups is 1. The summed E-state index contributed by atoms with van der Waals surface area (Å²) in [5.41, 5.74) is 0. The number of carboxylic acid groups (broad SMARTS) is 1.